The molecule has 6 heteroatoms. The number of amides is 1. The highest BCUT2D eigenvalue weighted by Gasteiger charge is 2.20. The Bertz CT molecular complexity index is 805. The van der Waals surface area contributed by atoms with E-state index in [9.17, 15) is 4.79 Å². The number of hydrogen-bond acceptors (Lipinski definition) is 4. The number of carbonyl (C=O) groups is 1. The fourth-order valence-corrected chi connectivity index (χ4v) is 3.66. The number of thiazole rings is 1. The summed E-state index contributed by atoms with van der Waals surface area (Å²) in [5.74, 6) is 0.436. The van der Waals surface area contributed by atoms with Crippen LogP contribution in [0.5, 0.6) is 5.75 Å². The third-order valence-corrected chi connectivity index (χ3v) is 5.15. The van der Waals surface area contributed by atoms with Gasteiger partial charge in [-0.05, 0) is 25.5 Å². The molecule has 0 aliphatic carbocycles. The van der Waals surface area contributed by atoms with Gasteiger partial charge < -0.3 is 14.0 Å². The van der Waals surface area contributed by atoms with Gasteiger partial charge in [0.05, 0.1) is 18.8 Å². The van der Waals surface area contributed by atoms with Crippen LogP contribution in [0.15, 0.2) is 23.2 Å². The highest BCUT2D eigenvalue weighted by molar-refractivity contribution is 7.09. The van der Waals surface area contributed by atoms with Gasteiger partial charge in [-0.3, -0.25) is 4.79 Å². The summed E-state index contributed by atoms with van der Waals surface area (Å²) in [6, 6.07) is 5.67. The van der Waals surface area contributed by atoms with Gasteiger partial charge in [0.2, 0.25) is 0 Å². The van der Waals surface area contributed by atoms with Crippen molar-refractivity contribution in [2.75, 3.05) is 20.3 Å². The first kappa shape index (κ1) is 16.0. The number of ether oxygens (including phenoxy) is 2. The van der Waals surface area contributed by atoms with Crippen molar-refractivity contribution in [3.05, 3.63) is 44.7 Å². The first-order valence-corrected chi connectivity index (χ1v) is 8.43. The Labute approximate surface area is 139 Å². The minimum Gasteiger partial charge on any atom is -0.492 e. The molecule has 1 aliphatic rings. The molecule has 0 unspecified atom stereocenters. The highest BCUT2D eigenvalue weighted by atomic mass is 32.1. The summed E-state index contributed by atoms with van der Waals surface area (Å²) in [4.78, 5) is 18.8. The number of fused-ring (bicyclic) bond motifs is 1. The van der Waals surface area contributed by atoms with Gasteiger partial charge in [-0.15, -0.1) is 11.3 Å². The molecule has 2 aromatic rings. The molecule has 122 valence electrons. The van der Waals surface area contributed by atoms with Crippen LogP contribution in [0.4, 0.5) is 0 Å². The van der Waals surface area contributed by atoms with Crippen molar-refractivity contribution in [3.63, 3.8) is 0 Å². The summed E-state index contributed by atoms with van der Waals surface area (Å²) >= 11 is 1.53. The average Bonchev–Trinajstić information content (AvgIpc) is 3.11. The van der Waals surface area contributed by atoms with Crippen molar-refractivity contribution < 1.29 is 14.3 Å². The molecule has 1 aromatic heterocycles. The maximum Gasteiger partial charge on any atom is 0.283 e. The van der Waals surface area contributed by atoms with Crippen LogP contribution in [0.3, 0.4) is 0 Å². The lowest BCUT2D eigenvalue weighted by Gasteiger charge is -2.06. The van der Waals surface area contributed by atoms with Crippen LogP contribution in [-0.4, -0.2) is 30.8 Å². The SMILES string of the molecule is COCCn1c(C)c(C)s/c1=N\C(=O)c1cccc2c1OCC2. The smallest absolute Gasteiger partial charge is 0.283 e. The molecular weight excluding hydrogens is 312 g/mol. The molecule has 2 heterocycles. The summed E-state index contributed by atoms with van der Waals surface area (Å²) in [6.45, 7) is 5.97. The predicted molar refractivity (Wildman–Crippen MR) is 89.2 cm³/mol. The average molecular weight is 332 g/mol. The Balaban J connectivity index is 2.00. The van der Waals surface area contributed by atoms with Crippen LogP contribution in [0.25, 0.3) is 0 Å². The number of carbonyl (C=O) groups excluding carboxylic acids is 1. The molecule has 0 atom stereocenters. The van der Waals surface area contributed by atoms with Crippen molar-refractivity contribution in [3.8, 4) is 5.75 Å². The van der Waals surface area contributed by atoms with E-state index in [4.69, 9.17) is 9.47 Å². The minimum atomic E-state index is -0.254. The Morgan fingerprint density at radius 2 is 2.26 bits per heavy atom. The predicted octanol–water partition coefficient (Wildman–Crippen LogP) is 2.49. The van der Waals surface area contributed by atoms with Crippen LogP contribution in [0, 0.1) is 13.8 Å². The molecule has 0 saturated heterocycles. The second-order valence-electron chi connectivity index (χ2n) is 5.48. The standard InChI is InChI=1S/C17H20N2O3S/c1-11-12(2)23-17(19(11)8-10-21-3)18-16(20)14-6-4-5-13-7-9-22-15(13)14/h4-6H,7-10H2,1-3H3/b18-17-. The Hall–Kier alpha value is -1.92. The van der Waals surface area contributed by atoms with Crippen LogP contribution in [-0.2, 0) is 17.7 Å². The fourth-order valence-electron chi connectivity index (χ4n) is 2.66. The van der Waals surface area contributed by atoms with Crippen molar-refractivity contribution in [1.82, 2.24) is 4.57 Å². The number of hydrogen-bond donors (Lipinski definition) is 0. The molecule has 0 spiro atoms. The molecule has 0 fully saturated rings. The zero-order chi connectivity index (χ0) is 16.4. The van der Waals surface area contributed by atoms with Gasteiger partial charge in [-0.2, -0.15) is 4.99 Å². The number of aromatic nitrogens is 1. The molecule has 1 amide bonds. The zero-order valence-corrected chi connectivity index (χ0v) is 14.4. The van der Waals surface area contributed by atoms with Crippen LogP contribution in [0.2, 0.25) is 0 Å². The number of methoxy groups -OCH3 is 1. The third-order valence-electron chi connectivity index (χ3n) is 4.05. The number of aryl methyl sites for hydroxylation is 1. The Kier molecular flexibility index (Phi) is 4.63. The number of para-hydroxylation sites is 1. The summed E-state index contributed by atoms with van der Waals surface area (Å²) in [6.07, 6.45) is 0.849. The lowest BCUT2D eigenvalue weighted by molar-refractivity contribution is 0.0994. The van der Waals surface area contributed by atoms with E-state index >= 15 is 0 Å². The van der Waals surface area contributed by atoms with E-state index in [2.05, 4.69) is 4.99 Å². The van der Waals surface area contributed by atoms with E-state index in [0.717, 1.165) is 22.6 Å². The third kappa shape index (κ3) is 3.09. The molecular formula is C17H20N2O3S. The van der Waals surface area contributed by atoms with Crippen LogP contribution < -0.4 is 9.54 Å². The zero-order valence-electron chi connectivity index (χ0n) is 13.6. The van der Waals surface area contributed by atoms with Gasteiger partial charge in [0.25, 0.3) is 5.91 Å². The Morgan fingerprint density at radius 3 is 3.04 bits per heavy atom. The van der Waals surface area contributed by atoms with Crippen molar-refractivity contribution >= 4 is 17.2 Å². The number of benzene rings is 1. The summed E-state index contributed by atoms with van der Waals surface area (Å²) < 4.78 is 12.8. The summed E-state index contributed by atoms with van der Waals surface area (Å²) in [7, 11) is 1.67. The molecule has 0 saturated carbocycles. The van der Waals surface area contributed by atoms with E-state index in [1.807, 2.05) is 30.5 Å². The molecule has 0 radical (unpaired) electrons. The quantitative estimate of drug-likeness (QED) is 0.864. The molecule has 5 nitrogen and oxygen atoms in total. The number of nitrogens with zero attached hydrogens (tertiary/aromatic N) is 2. The van der Waals surface area contributed by atoms with Gasteiger partial charge >= 0.3 is 0 Å². The first-order chi connectivity index (χ1) is 11.1. The molecule has 0 N–H and O–H groups in total. The van der Waals surface area contributed by atoms with Gasteiger partial charge in [0.15, 0.2) is 4.80 Å². The first-order valence-electron chi connectivity index (χ1n) is 7.61. The van der Waals surface area contributed by atoms with Gasteiger partial charge in [0, 0.05) is 30.6 Å². The van der Waals surface area contributed by atoms with E-state index in [-0.39, 0.29) is 5.91 Å². The van der Waals surface area contributed by atoms with Crippen LogP contribution >= 0.6 is 11.3 Å². The van der Waals surface area contributed by atoms with Gasteiger partial charge in [-0.1, -0.05) is 12.1 Å². The van der Waals surface area contributed by atoms with Gasteiger partial charge in [-0.25, -0.2) is 0 Å². The highest BCUT2D eigenvalue weighted by Crippen LogP contribution is 2.29. The maximum atomic E-state index is 12.6. The summed E-state index contributed by atoms with van der Waals surface area (Å²) in [5, 5.41) is 0. The second-order valence-corrected chi connectivity index (χ2v) is 6.66. The normalized spacial score (nSPS) is 14.0. The molecule has 3 rings (SSSR count). The molecule has 0 bridgehead atoms. The second kappa shape index (κ2) is 6.68. The lowest BCUT2D eigenvalue weighted by Crippen LogP contribution is -2.20. The van der Waals surface area contributed by atoms with E-state index in [0.29, 0.717) is 35.9 Å². The fraction of sp³-hybridized carbons (Fsp3) is 0.412. The van der Waals surface area contributed by atoms with Crippen molar-refractivity contribution in [2.24, 2.45) is 4.99 Å². The molecule has 1 aliphatic heterocycles. The Morgan fingerprint density at radius 1 is 1.43 bits per heavy atom. The van der Waals surface area contributed by atoms with E-state index in [1.54, 1.807) is 13.2 Å². The van der Waals surface area contributed by atoms with Crippen molar-refractivity contribution in [2.45, 2.75) is 26.8 Å². The lowest BCUT2D eigenvalue weighted by atomic mass is 10.1. The monoisotopic (exact) mass is 332 g/mol. The summed E-state index contributed by atoms with van der Waals surface area (Å²) in [5.41, 5.74) is 2.74. The largest absolute Gasteiger partial charge is 0.492 e. The van der Waals surface area contributed by atoms with Crippen molar-refractivity contribution in [1.29, 1.82) is 0 Å². The van der Waals surface area contributed by atoms with Gasteiger partial charge in [0.1, 0.15) is 5.75 Å². The number of rotatable bonds is 4. The van der Waals surface area contributed by atoms with E-state index in [1.165, 1.54) is 11.3 Å². The maximum absolute atomic E-state index is 12.6. The minimum absolute atomic E-state index is 0.254. The van der Waals surface area contributed by atoms with E-state index < -0.39 is 0 Å². The van der Waals surface area contributed by atoms with Crippen LogP contribution in [0.1, 0.15) is 26.5 Å². The topological polar surface area (TPSA) is 52.8 Å². The molecule has 1 aromatic carbocycles. The molecule has 23 heavy (non-hydrogen) atoms.